The van der Waals surface area contributed by atoms with Crippen LogP contribution in [0.1, 0.15) is 127 Å². The molecule has 3 saturated heterocycles. The number of unbranched alkanes of at least 4 members (excludes halogenated alkanes) is 2. The van der Waals surface area contributed by atoms with Crippen molar-refractivity contribution < 1.29 is 107 Å². The molecular formula is C88H121N22O23S-. The molecule has 15 amide bonds. The number of aromatic nitrogens is 4. The van der Waals surface area contributed by atoms with Gasteiger partial charge in [0.15, 0.2) is 0 Å². The second-order valence-electron chi connectivity index (χ2n) is 33.6. The van der Waals surface area contributed by atoms with Crippen molar-refractivity contribution in [1.29, 1.82) is 0 Å². The van der Waals surface area contributed by atoms with E-state index in [-0.39, 0.29) is 87.5 Å². The van der Waals surface area contributed by atoms with E-state index in [1.54, 1.807) is 60.9 Å². The average molecular weight is 1890 g/mol. The predicted molar refractivity (Wildman–Crippen MR) is 485 cm³/mol. The highest BCUT2D eigenvalue weighted by atomic mass is 32.2. The number of aliphatic carboxylic acids is 2. The Kier molecular flexibility index (Phi) is 39.1. The van der Waals surface area contributed by atoms with Gasteiger partial charge in [-0.3, -0.25) is 92.1 Å². The van der Waals surface area contributed by atoms with Crippen LogP contribution in [0.5, 0.6) is 5.75 Å². The first kappa shape index (κ1) is 105. The Hall–Kier alpha value is -13.2. The number of fused-ring (bicyclic) bond motifs is 4. The lowest BCUT2D eigenvalue weighted by molar-refractivity contribution is -0.149. The smallest absolute Gasteiger partial charge is 0.308 e. The van der Waals surface area contributed by atoms with Crippen molar-refractivity contribution in [2.75, 3.05) is 72.0 Å². The number of carbonyl (C=O) groups excluding carboxylic acids is 15. The van der Waals surface area contributed by atoms with E-state index in [9.17, 15) is 78.7 Å². The largest absolute Gasteiger partial charge is 0.770 e. The molecule has 9 rings (SSSR count). The molecule has 3 aliphatic rings. The first-order chi connectivity index (χ1) is 63.9. The molecular weight excluding hydrogens is 1770 g/mol. The molecule has 0 aliphatic carbocycles. The molecule has 46 heteroatoms. The number of aliphatic hydroxyl groups excluding tert-OH is 2. The number of aromatic amines is 3. The number of nitrogens with zero attached hydrogens (tertiary/aromatic N) is 7. The summed E-state index contributed by atoms with van der Waals surface area (Å²) in [4.78, 5) is 264. The molecule has 22 N–H and O–H groups in total. The maximum atomic E-state index is 15.7. The number of phenols is 1. The maximum absolute atomic E-state index is 15.7. The molecule has 3 aliphatic heterocycles. The molecule has 15 atom stereocenters. The number of rotatable bonds is 25. The number of carbonyl (C=O) groups is 17. The molecule has 3 aromatic heterocycles. The van der Waals surface area contributed by atoms with Crippen molar-refractivity contribution in [3.63, 3.8) is 0 Å². The van der Waals surface area contributed by atoms with Crippen LogP contribution in [-0.2, 0) is 107 Å². The van der Waals surface area contributed by atoms with Crippen LogP contribution in [0, 0.1) is 11.1 Å². The van der Waals surface area contributed by atoms with Crippen LogP contribution in [0.25, 0.3) is 21.8 Å². The molecule has 0 bridgehead atoms. The Morgan fingerprint density at radius 3 is 1.75 bits per heavy atom. The molecule has 134 heavy (non-hydrogen) atoms. The zero-order chi connectivity index (χ0) is 97.7. The number of hydrazine groups is 1. The number of amides is 15. The van der Waals surface area contributed by atoms with E-state index >= 15 is 33.6 Å². The number of primary amides is 1. The Morgan fingerprint density at radius 2 is 1.15 bits per heavy atom. The molecule has 6 heterocycles. The second-order valence-corrected chi connectivity index (χ2v) is 34.6. The Morgan fingerprint density at radius 1 is 0.597 bits per heavy atom. The number of hydroxylamine groups is 1. The van der Waals surface area contributed by atoms with E-state index in [0.29, 0.717) is 64.2 Å². The number of nitrogens with two attached hydrogens (primary N) is 2. The molecule has 2 unspecified atom stereocenters. The minimum absolute atomic E-state index is 0.0190. The van der Waals surface area contributed by atoms with Crippen molar-refractivity contribution in [3.8, 4) is 5.75 Å². The standard InChI is InChI=1S/C88H121N22O23S/c1-7-9-20-67-81(124)98-60(29-30-89)77(120)104-72(110(133)96-42-71(90)114)45-134-46-73(115)97-64(32-49-23-25-54(112)26-24-49)84(127)105(4)48(3)76(119)94-40-52(88(131)132)35-74(116)108-31-15-22-68(108)82(125)101-63(36-53-41-91-47-95-53)79(122)99-61(27-28-75(117)118)86(129)109-43-55(113)37-70(109)83(126)100-62(33-50-38-92-58-18-13-11-16-56(50)58)78(121)103-66(44-111)80(123)102-65(34-51-39-93-59-19-14-12-17-57(51)59)85(128)107(6)69(21-10-8-2)87(130)106(67)5/h11-14,16-19,23-26,38-39,41,47-48,52,55,60-70,72,92-93,96,111-113H,7-10,15,20-22,27-37,40,42-46,89H2,1-6H3,(H2,90,114)(H,91,95)(H,94,119)(H,97,115)(H,98,124)(H,99,122)(H,100,126)(H,101,125)(H,102,123)(H,103,121)(H,104,120)(H,117,118)(H,131,132)/q-1/t48-,52?,55+,60-,61?,62-,63-,64-,65-,66-,67-,68-,69-,70-,72+/m0/s1. The zero-order valence-corrected chi connectivity index (χ0v) is 76.2. The number of aliphatic hydroxyl groups is 2. The van der Waals surface area contributed by atoms with E-state index in [2.05, 4.69) is 73.2 Å². The highest BCUT2D eigenvalue weighted by Crippen LogP contribution is 2.28. The van der Waals surface area contributed by atoms with Gasteiger partial charge in [0.25, 0.3) is 0 Å². The summed E-state index contributed by atoms with van der Waals surface area (Å²) in [5, 5.41) is 91.8. The van der Waals surface area contributed by atoms with Crippen LogP contribution < -0.4 is 64.7 Å². The van der Waals surface area contributed by atoms with Crippen LogP contribution >= 0.6 is 11.8 Å². The predicted octanol–water partition coefficient (Wildman–Crippen LogP) is -3.03. The third-order valence-corrected chi connectivity index (χ3v) is 25.0. The highest BCUT2D eigenvalue weighted by Gasteiger charge is 2.46. The van der Waals surface area contributed by atoms with Gasteiger partial charge in [0.1, 0.15) is 78.3 Å². The molecule has 728 valence electrons. The van der Waals surface area contributed by atoms with Gasteiger partial charge in [-0.1, -0.05) is 88.1 Å². The Bertz CT molecular complexity index is 5140. The molecule has 0 radical (unpaired) electrons. The minimum atomic E-state index is -1.93. The third kappa shape index (κ3) is 28.7. The number of nitrogens with one attached hydrogen (secondary N) is 13. The van der Waals surface area contributed by atoms with E-state index in [1.807, 2.05) is 13.8 Å². The van der Waals surface area contributed by atoms with Gasteiger partial charge in [0.05, 0.1) is 43.4 Å². The summed E-state index contributed by atoms with van der Waals surface area (Å²) in [7, 11) is 3.87. The first-order valence-electron chi connectivity index (χ1n) is 44.4. The second kappa shape index (κ2) is 50.1. The number of thioether (sulfide) groups is 1. The Balaban J connectivity index is 1.07. The number of likely N-dealkylation sites (N-methyl/N-ethyl adjacent to an activating group) is 3. The number of phenolic OH excluding ortho intramolecular Hbond substituents is 1. The van der Waals surface area contributed by atoms with Crippen LogP contribution in [0.4, 0.5) is 0 Å². The summed E-state index contributed by atoms with van der Waals surface area (Å²) < 4.78 is 0. The maximum Gasteiger partial charge on any atom is 0.308 e. The zero-order valence-electron chi connectivity index (χ0n) is 75.4. The van der Waals surface area contributed by atoms with Crippen molar-refractivity contribution in [1.82, 2.24) is 103 Å². The van der Waals surface area contributed by atoms with Crippen LogP contribution in [0.3, 0.4) is 0 Å². The summed E-state index contributed by atoms with van der Waals surface area (Å²) in [6.07, 6.45) is -0.00542. The summed E-state index contributed by atoms with van der Waals surface area (Å²) in [6.45, 7) is 1.39. The molecule has 0 saturated carbocycles. The quantitative estimate of drug-likeness (QED) is 0.0254. The van der Waals surface area contributed by atoms with Gasteiger partial charge in [-0.2, -0.15) is 0 Å². The lowest BCUT2D eigenvalue weighted by Crippen LogP contribution is -2.62. The minimum Gasteiger partial charge on any atom is -0.770 e. The van der Waals surface area contributed by atoms with E-state index in [0.717, 1.165) is 36.3 Å². The topological polar surface area (TPSA) is 666 Å². The number of hydrogen-bond acceptors (Lipinski definition) is 26. The summed E-state index contributed by atoms with van der Waals surface area (Å²) in [5.41, 5.74) is 16.5. The molecule has 3 aromatic carbocycles. The monoisotopic (exact) mass is 1890 g/mol. The average Bonchev–Trinajstić information content (AvgIpc) is 1.61. The number of imidazole rings is 1. The fourth-order valence-corrected chi connectivity index (χ4v) is 17.1. The van der Waals surface area contributed by atoms with E-state index < -0.39 is 255 Å². The normalized spacial score (nSPS) is 25.1. The fraction of sp³-hybridized carbons (Fsp3) is 0.523. The van der Waals surface area contributed by atoms with Crippen molar-refractivity contribution >= 4 is 134 Å². The number of carboxylic acid groups (broad SMARTS) is 2. The SMILES string of the molecule is CCCC[C@H]1C(=O)N(C)[C@@H](CCCC)C(=O)N[C@@H](CCN)C(=O)N[C@H](N([O-])NCC(N)=O)CSCC(=O)N[C@@H](Cc2ccc(O)cc2)C(=O)N(C)[C@@H](C)C(=O)NCC(C(=O)O)CC(=O)N2CCC[C@H]2C(=O)N[C@@H](Cc2cnc[nH]2)C(=O)NC(CCC(=O)O)C(=O)N2C[C@H](O)C[C@H]2C(=O)N[C@@H](Cc2c[nH]c3ccccc23)C(=O)N[C@@H](CO)C(=O)N[C@@H](Cc2c[nH]c3ccccc23)C(=O)N1C. The lowest BCUT2D eigenvalue weighted by Gasteiger charge is -2.38. The van der Waals surface area contributed by atoms with Crippen molar-refractivity contribution in [2.24, 2.45) is 17.4 Å². The van der Waals surface area contributed by atoms with Gasteiger partial charge in [-0.15, -0.1) is 11.8 Å². The van der Waals surface area contributed by atoms with Gasteiger partial charge < -0.3 is 130 Å². The van der Waals surface area contributed by atoms with Gasteiger partial charge in [-0.05, 0) is 92.9 Å². The van der Waals surface area contributed by atoms with Gasteiger partial charge in [0.2, 0.25) is 88.6 Å². The van der Waals surface area contributed by atoms with Crippen LogP contribution in [0.2, 0.25) is 0 Å². The van der Waals surface area contributed by atoms with Crippen LogP contribution in [-0.4, -0.2) is 332 Å². The number of benzene rings is 3. The number of hydrogen-bond donors (Lipinski definition) is 20. The molecule has 3 fully saturated rings. The number of H-pyrrole nitrogens is 3. The number of carboxylic acids is 2. The highest BCUT2D eigenvalue weighted by molar-refractivity contribution is 8.00. The number of para-hydroxylation sites is 2. The Labute approximate surface area is 775 Å². The summed E-state index contributed by atoms with van der Waals surface area (Å²) >= 11 is 0.744. The summed E-state index contributed by atoms with van der Waals surface area (Å²) in [6, 6.07) is 0.356. The van der Waals surface area contributed by atoms with E-state index in [4.69, 9.17) is 11.5 Å². The van der Waals surface area contributed by atoms with E-state index in [1.165, 1.54) is 64.9 Å². The summed E-state index contributed by atoms with van der Waals surface area (Å²) in [5.74, 6) is -20.4. The third-order valence-electron chi connectivity index (χ3n) is 24.0. The molecule has 45 nitrogen and oxygen atoms in total. The van der Waals surface area contributed by atoms with Gasteiger partial charge in [0, 0.05) is 138 Å². The fourth-order valence-electron chi connectivity index (χ4n) is 16.3. The van der Waals surface area contributed by atoms with Crippen LogP contribution in [0.15, 0.2) is 97.7 Å². The lowest BCUT2D eigenvalue weighted by atomic mass is 10.00. The first-order valence-corrected chi connectivity index (χ1v) is 45.5. The number of aromatic hydroxyl groups is 1. The van der Waals surface area contributed by atoms with Crippen molar-refractivity contribution in [3.05, 3.63) is 125 Å². The molecule has 0 spiro atoms. The van der Waals surface area contributed by atoms with Gasteiger partial charge in [-0.25, -0.2) is 4.98 Å². The van der Waals surface area contributed by atoms with Gasteiger partial charge >= 0.3 is 11.9 Å². The van der Waals surface area contributed by atoms with Crippen molar-refractivity contribution in [2.45, 2.75) is 215 Å². The molecule has 6 aromatic rings.